The number of hydrogen-bond donors (Lipinski definition) is 1. The average Bonchev–Trinajstić information content (AvgIpc) is 2.78. The molecule has 3 heterocycles. The molecule has 4 aromatic rings. The van der Waals surface area contributed by atoms with E-state index in [1.807, 2.05) is 32.0 Å². The standard InChI is InChI=1S/C23H21N5O3/c1-15-6-3-8-18(16(15)2)26-20(29)14-27-19-9-5-11-25-21(19)22(30)28(23(27)31)13-17-7-4-10-24-12-17/h3-12H,13-14H2,1-2H3,(H,26,29). The van der Waals surface area contributed by atoms with Crippen LogP contribution in [0.2, 0.25) is 0 Å². The Bertz CT molecular complexity index is 1390. The van der Waals surface area contributed by atoms with Crippen molar-refractivity contribution in [3.05, 3.63) is 98.6 Å². The summed E-state index contributed by atoms with van der Waals surface area (Å²) in [5.74, 6) is -0.368. The zero-order valence-electron chi connectivity index (χ0n) is 17.2. The third-order valence-electron chi connectivity index (χ3n) is 5.23. The molecule has 31 heavy (non-hydrogen) atoms. The highest BCUT2D eigenvalue weighted by Gasteiger charge is 2.17. The fourth-order valence-corrected chi connectivity index (χ4v) is 3.43. The SMILES string of the molecule is Cc1cccc(NC(=O)Cn2c(=O)n(Cc3cccnc3)c(=O)c3ncccc32)c1C. The number of rotatable bonds is 5. The molecule has 0 aliphatic rings. The molecule has 0 saturated heterocycles. The summed E-state index contributed by atoms with van der Waals surface area (Å²) in [6.07, 6.45) is 4.69. The van der Waals surface area contributed by atoms with E-state index in [2.05, 4.69) is 15.3 Å². The largest absolute Gasteiger partial charge is 0.332 e. The molecule has 1 N–H and O–H groups in total. The summed E-state index contributed by atoms with van der Waals surface area (Å²) >= 11 is 0. The van der Waals surface area contributed by atoms with E-state index < -0.39 is 11.2 Å². The highest BCUT2D eigenvalue weighted by atomic mass is 16.2. The van der Waals surface area contributed by atoms with E-state index >= 15 is 0 Å². The van der Waals surface area contributed by atoms with Gasteiger partial charge < -0.3 is 5.32 Å². The number of anilines is 1. The second kappa shape index (κ2) is 8.35. The van der Waals surface area contributed by atoms with E-state index in [0.29, 0.717) is 16.8 Å². The average molecular weight is 415 g/mol. The molecule has 0 aliphatic carbocycles. The van der Waals surface area contributed by atoms with Crippen LogP contribution in [-0.2, 0) is 17.9 Å². The summed E-state index contributed by atoms with van der Waals surface area (Å²) in [4.78, 5) is 47.1. The van der Waals surface area contributed by atoms with Crippen molar-refractivity contribution >= 4 is 22.6 Å². The van der Waals surface area contributed by atoms with Gasteiger partial charge >= 0.3 is 5.69 Å². The van der Waals surface area contributed by atoms with E-state index in [0.717, 1.165) is 15.7 Å². The van der Waals surface area contributed by atoms with Gasteiger partial charge in [0.1, 0.15) is 6.54 Å². The maximum Gasteiger partial charge on any atom is 0.332 e. The summed E-state index contributed by atoms with van der Waals surface area (Å²) in [5.41, 5.74) is 2.75. The Labute approximate surface area is 177 Å². The van der Waals surface area contributed by atoms with Crippen LogP contribution in [0.1, 0.15) is 16.7 Å². The Morgan fingerprint density at radius 3 is 2.58 bits per heavy atom. The van der Waals surface area contributed by atoms with E-state index in [4.69, 9.17) is 0 Å². The van der Waals surface area contributed by atoms with Crippen molar-refractivity contribution in [2.75, 3.05) is 5.32 Å². The molecule has 4 rings (SSSR count). The second-order valence-electron chi connectivity index (χ2n) is 7.29. The minimum atomic E-state index is -0.578. The predicted octanol–water partition coefficient (Wildman–Crippen LogP) is 2.26. The van der Waals surface area contributed by atoms with Crippen LogP contribution in [0, 0.1) is 13.8 Å². The third-order valence-corrected chi connectivity index (χ3v) is 5.23. The van der Waals surface area contributed by atoms with Crippen LogP contribution < -0.4 is 16.6 Å². The smallest absolute Gasteiger partial charge is 0.324 e. The number of carbonyl (C=O) groups excluding carboxylic acids is 1. The Morgan fingerprint density at radius 1 is 1.00 bits per heavy atom. The zero-order chi connectivity index (χ0) is 22.0. The first kappa shape index (κ1) is 20.2. The van der Waals surface area contributed by atoms with Gasteiger partial charge in [-0.15, -0.1) is 0 Å². The maximum atomic E-state index is 13.2. The molecule has 0 aliphatic heterocycles. The number of pyridine rings is 2. The van der Waals surface area contributed by atoms with E-state index in [1.165, 1.54) is 10.8 Å². The topological polar surface area (TPSA) is 98.9 Å². The highest BCUT2D eigenvalue weighted by molar-refractivity contribution is 5.92. The normalized spacial score (nSPS) is 10.9. The Morgan fingerprint density at radius 2 is 1.81 bits per heavy atom. The quantitative estimate of drug-likeness (QED) is 0.539. The van der Waals surface area contributed by atoms with Gasteiger partial charge in [-0.25, -0.2) is 9.78 Å². The Balaban J connectivity index is 1.76. The van der Waals surface area contributed by atoms with Crippen LogP contribution in [0.25, 0.3) is 11.0 Å². The minimum Gasteiger partial charge on any atom is -0.324 e. The van der Waals surface area contributed by atoms with Crippen LogP contribution in [0.5, 0.6) is 0 Å². The lowest BCUT2D eigenvalue weighted by Crippen LogP contribution is -2.42. The third kappa shape index (κ3) is 4.00. The first-order chi connectivity index (χ1) is 15.0. The molecule has 3 aromatic heterocycles. The van der Waals surface area contributed by atoms with Gasteiger partial charge in [0, 0.05) is 24.3 Å². The molecule has 156 valence electrons. The van der Waals surface area contributed by atoms with Crippen molar-refractivity contribution in [1.82, 2.24) is 19.1 Å². The van der Waals surface area contributed by atoms with Crippen molar-refractivity contribution in [1.29, 1.82) is 0 Å². The van der Waals surface area contributed by atoms with Crippen molar-refractivity contribution < 1.29 is 4.79 Å². The van der Waals surface area contributed by atoms with Gasteiger partial charge in [0.25, 0.3) is 5.56 Å². The number of fused-ring (bicyclic) bond motifs is 1. The molecule has 0 fully saturated rings. The van der Waals surface area contributed by atoms with Crippen molar-refractivity contribution in [2.24, 2.45) is 0 Å². The Kier molecular flexibility index (Phi) is 5.44. The number of aryl methyl sites for hydroxylation is 1. The number of hydrogen-bond acceptors (Lipinski definition) is 5. The molecule has 0 unspecified atom stereocenters. The molecule has 0 atom stereocenters. The van der Waals surface area contributed by atoms with E-state index in [9.17, 15) is 14.4 Å². The van der Waals surface area contributed by atoms with E-state index in [-0.39, 0.29) is 24.5 Å². The van der Waals surface area contributed by atoms with E-state index in [1.54, 1.807) is 36.7 Å². The van der Waals surface area contributed by atoms with Crippen molar-refractivity contribution in [3.8, 4) is 0 Å². The lowest BCUT2D eigenvalue weighted by atomic mass is 10.1. The van der Waals surface area contributed by atoms with Crippen LogP contribution in [0.3, 0.4) is 0 Å². The molecule has 1 amide bonds. The molecule has 0 saturated carbocycles. The predicted molar refractivity (Wildman–Crippen MR) is 118 cm³/mol. The first-order valence-electron chi connectivity index (χ1n) is 9.79. The molecular formula is C23H21N5O3. The fraction of sp³-hybridized carbons (Fsp3) is 0.174. The van der Waals surface area contributed by atoms with Gasteiger partial charge in [-0.2, -0.15) is 0 Å². The van der Waals surface area contributed by atoms with Gasteiger partial charge in [-0.05, 0) is 54.8 Å². The van der Waals surface area contributed by atoms with Gasteiger partial charge in [-0.1, -0.05) is 18.2 Å². The fourth-order valence-electron chi connectivity index (χ4n) is 3.43. The summed E-state index contributed by atoms with van der Waals surface area (Å²) in [6.45, 7) is 3.67. The molecule has 8 nitrogen and oxygen atoms in total. The van der Waals surface area contributed by atoms with Crippen LogP contribution in [0.15, 0.2) is 70.6 Å². The van der Waals surface area contributed by atoms with Gasteiger partial charge in [0.15, 0.2) is 5.52 Å². The summed E-state index contributed by atoms with van der Waals surface area (Å²) < 4.78 is 2.36. The summed E-state index contributed by atoms with van der Waals surface area (Å²) in [7, 11) is 0. The minimum absolute atomic E-state index is 0.0383. The summed E-state index contributed by atoms with van der Waals surface area (Å²) in [5, 5.41) is 2.86. The molecule has 0 spiro atoms. The molecule has 0 radical (unpaired) electrons. The number of aromatic nitrogens is 4. The zero-order valence-corrected chi connectivity index (χ0v) is 17.2. The maximum absolute atomic E-state index is 13.2. The van der Waals surface area contributed by atoms with Gasteiger partial charge in [0.05, 0.1) is 12.1 Å². The first-order valence-corrected chi connectivity index (χ1v) is 9.79. The monoisotopic (exact) mass is 415 g/mol. The van der Waals surface area contributed by atoms with Gasteiger partial charge in [-0.3, -0.25) is 23.7 Å². The lowest BCUT2D eigenvalue weighted by molar-refractivity contribution is -0.116. The van der Waals surface area contributed by atoms with Crippen molar-refractivity contribution in [3.63, 3.8) is 0 Å². The number of carbonyl (C=O) groups is 1. The van der Waals surface area contributed by atoms with Gasteiger partial charge in [0.2, 0.25) is 5.91 Å². The highest BCUT2D eigenvalue weighted by Crippen LogP contribution is 2.18. The van der Waals surface area contributed by atoms with Crippen LogP contribution in [-0.4, -0.2) is 25.0 Å². The number of nitrogens with zero attached hydrogens (tertiary/aromatic N) is 4. The van der Waals surface area contributed by atoms with Crippen molar-refractivity contribution in [2.45, 2.75) is 26.9 Å². The van der Waals surface area contributed by atoms with Crippen LogP contribution in [0.4, 0.5) is 5.69 Å². The lowest BCUT2D eigenvalue weighted by Gasteiger charge is -2.15. The number of amides is 1. The van der Waals surface area contributed by atoms with Crippen LogP contribution >= 0.6 is 0 Å². The molecule has 8 heteroatoms. The summed E-state index contributed by atoms with van der Waals surface area (Å²) in [6, 6.07) is 12.4. The molecular weight excluding hydrogens is 394 g/mol. The Hall–Kier alpha value is -4.07. The molecule has 0 bridgehead atoms. The second-order valence-corrected chi connectivity index (χ2v) is 7.29. The number of benzene rings is 1. The molecule has 1 aromatic carbocycles. The number of nitrogens with one attached hydrogen (secondary N) is 1.